The van der Waals surface area contributed by atoms with Gasteiger partial charge in [-0.05, 0) is 29.8 Å². The second-order valence-corrected chi connectivity index (χ2v) is 7.21. The molecule has 1 saturated heterocycles. The molecule has 0 atom stereocenters. The number of methoxy groups -OCH3 is 1. The van der Waals surface area contributed by atoms with E-state index < -0.39 is 0 Å². The van der Waals surface area contributed by atoms with Gasteiger partial charge in [0.05, 0.1) is 12.0 Å². The number of amides is 1. The molecule has 1 aliphatic heterocycles. The molecule has 1 fully saturated rings. The van der Waals surface area contributed by atoms with E-state index in [0.717, 1.165) is 5.56 Å². The van der Waals surface area contributed by atoms with Crippen LogP contribution in [0.1, 0.15) is 11.1 Å². The number of rotatable bonds is 5. The highest BCUT2D eigenvalue weighted by Crippen LogP contribution is 2.34. The summed E-state index contributed by atoms with van der Waals surface area (Å²) in [5, 5.41) is 0. The van der Waals surface area contributed by atoms with Crippen molar-refractivity contribution in [1.82, 2.24) is 4.90 Å². The van der Waals surface area contributed by atoms with Crippen LogP contribution >= 0.6 is 24.0 Å². The molecular formula is C19H16FNO3S2. The molecule has 7 heteroatoms. The van der Waals surface area contributed by atoms with Crippen molar-refractivity contribution >= 4 is 40.3 Å². The Morgan fingerprint density at radius 3 is 2.65 bits per heavy atom. The monoisotopic (exact) mass is 389 g/mol. The van der Waals surface area contributed by atoms with Gasteiger partial charge >= 0.3 is 0 Å². The lowest BCUT2D eigenvalue weighted by Gasteiger charge is -2.12. The summed E-state index contributed by atoms with van der Waals surface area (Å²) in [7, 11) is 3.18. The molecule has 1 amide bonds. The van der Waals surface area contributed by atoms with E-state index in [0.29, 0.717) is 26.3 Å². The molecular weight excluding hydrogens is 373 g/mol. The van der Waals surface area contributed by atoms with Crippen LogP contribution in [-0.2, 0) is 11.4 Å². The molecule has 0 unspecified atom stereocenters. The summed E-state index contributed by atoms with van der Waals surface area (Å²) in [5.74, 6) is 0.557. The van der Waals surface area contributed by atoms with Gasteiger partial charge in [-0.3, -0.25) is 9.69 Å². The van der Waals surface area contributed by atoms with Gasteiger partial charge in [0.15, 0.2) is 11.5 Å². The number of hydrogen-bond acceptors (Lipinski definition) is 5. The fraction of sp³-hybridized carbons (Fsp3) is 0.158. The maximum Gasteiger partial charge on any atom is 0.265 e. The molecule has 0 radical (unpaired) electrons. The van der Waals surface area contributed by atoms with E-state index in [9.17, 15) is 9.18 Å². The van der Waals surface area contributed by atoms with Crippen molar-refractivity contribution < 1.29 is 18.7 Å². The zero-order chi connectivity index (χ0) is 18.7. The highest BCUT2D eigenvalue weighted by molar-refractivity contribution is 8.26. The average Bonchev–Trinajstić information content (AvgIpc) is 2.88. The van der Waals surface area contributed by atoms with Gasteiger partial charge in [-0.15, -0.1) is 0 Å². The summed E-state index contributed by atoms with van der Waals surface area (Å²) in [5.41, 5.74) is 1.25. The first-order valence-corrected chi connectivity index (χ1v) is 8.98. The van der Waals surface area contributed by atoms with Crippen molar-refractivity contribution in [3.8, 4) is 11.5 Å². The Morgan fingerprint density at radius 2 is 2.00 bits per heavy atom. The van der Waals surface area contributed by atoms with Crippen LogP contribution in [0.25, 0.3) is 6.08 Å². The Morgan fingerprint density at radius 1 is 1.23 bits per heavy atom. The first-order chi connectivity index (χ1) is 12.5. The molecule has 0 N–H and O–H groups in total. The number of thiocarbonyl (C=S) groups is 1. The number of thioether (sulfide) groups is 1. The minimum atomic E-state index is -0.315. The number of nitrogens with zero attached hydrogens (tertiary/aromatic N) is 1. The Bertz CT molecular complexity index is 898. The van der Waals surface area contributed by atoms with Crippen LogP contribution < -0.4 is 9.47 Å². The van der Waals surface area contributed by atoms with E-state index in [1.165, 1.54) is 29.8 Å². The van der Waals surface area contributed by atoms with Crippen molar-refractivity contribution in [3.63, 3.8) is 0 Å². The van der Waals surface area contributed by atoms with Gasteiger partial charge in [0.25, 0.3) is 5.91 Å². The first-order valence-electron chi connectivity index (χ1n) is 7.75. The number of carbonyl (C=O) groups is 1. The zero-order valence-electron chi connectivity index (χ0n) is 14.2. The van der Waals surface area contributed by atoms with Crippen molar-refractivity contribution in [3.05, 3.63) is 64.3 Å². The molecule has 0 aliphatic carbocycles. The summed E-state index contributed by atoms with van der Waals surface area (Å²) in [4.78, 5) is 14.1. The van der Waals surface area contributed by atoms with Crippen molar-refractivity contribution in [2.45, 2.75) is 6.61 Å². The van der Waals surface area contributed by atoms with E-state index in [1.54, 1.807) is 49.5 Å². The molecule has 0 saturated carbocycles. The normalized spacial score (nSPS) is 15.7. The maximum absolute atomic E-state index is 13.7. The second kappa shape index (κ2) is 7.88. The molecule has 4 nitrogen and oxygen atoms in total. The van der Waals surface area contributed by atoms with Gasteiger partial charge < -0.3 is 9.47 Å². The highest BCUT2D eigenvalue weighted by atomic mass is 32.2. The zero-order valence-corrected chi connectivity index (χ0v) is 15.8. The van der Waals surface area contributed by atoms with E-state index in [4.69, 9.17) is 21.7 Å². The van der Waals surface area contributed by atoms with Crippen molar-refractivity contribution in [2.75, 3.05) is 14.2 Å². The predicted octanol–water partition coefficient (Wildman–Crippen LogP) is 4.24. The molecule has 3 rings (SSSR count). The predicted molar refractivity (Wildman–Crippen MR) is 105 cm³/mol. The minimum absolute atomic E-state index is 0.0941. The molecule has 0 aromatic heterocycles. The van der Waals surface area contributed by atoms with Gasteiger partial charge in [0, 0.05) is 12.6 Å². The van der Waals surface area contributed by atoms with Gasteiger partial charge in [-0.2, -0.15) is 0 Å². The molecule has 134 valence electrons. The Labute approximate surface area is 160 Å². The summed E-state index contributed by atoms with van der Waals surface area (Å²) < 4.78 is 25.3. The van der Waals surface area contributed by atoms with E-state index in [2.05, 4.69) is 0 Å². The number of halogens is 1. The third kappa shape index (κ3) is 3.89. The molecule has 0 bridgehead atoms. The van der Waals surface area contributed by atoms with E-state index in [-0.39, 0.29) is 18.3 Å². The van der Waals surface area contributed by atoms with E-state index >= 15 is 0 Å². The van der Waals surface area contributed by atoms with Crippen LogP contribution in [0.2, 0.25) is 0 Å². The topological polar surface area (TPSA) is 38.8 Å². The lowest BCUT2D eigenvalue weighted by molar-refractivity contribution is -0.121. The molecule has 0 spiro atoms. The molecule has 2 aromatic carbocycles. The molecule has 1 heterocycles. The molecule has 2 aromatic rings. The van der Waals surface area contributed by atoms with Crippen LogP contribution in [0.15, 0.2) is 47.4 Å². The minimum Gasteiger partial charge on any atom is -0.493 e. The first kappa shape index (κ1) is 18.4. The smallest absolute Gasteiger partial charge is 0.265 e. The fourth-order valence-electron chi connectivity index (χ4n) is 2.36. The molecule has 1 aliphatic rings. The lowest BCUT2D eigenvalue weighted by Crippen LogP contribution is -2.22. The SMILES string of the molecule is COc1cc(/C=C2\SC(=S)N(C)C2=O)ccc1OCc1ccccc1F. The third-order valence-corrected chi connectivity index (χ3v) is 5.30. The summed E-state index contributed by atoms with van der Waals surface area (Å²) in [6.45, 7) is 0.0941. The van der Waals surface area contributed by atoms with Gasteiger partial charge in [-0.1, -0.05) is 48.2 Å². The number of ether oxygens (including phenoxy) is 2. The third-order valence-electron chi connectivity index (χ3n) is 3.81. The maximum atomic E-state index is 13.7. The van der Waals surface area contributed by atoms with Crippen molar-refractivity contribution in [2.24, 2.45) is 0 Å². The number of likely N-dealkylation sites (N-methyl/N-ethyl adjacent to an activating group) is 1. The van der Waals surface area contributed by atoms with Gasteiger partial charge in [0.2, 0.25) is 0 Å². The van der Waals surface area contributed by atoms with Gasteiger partial charge in [-0.25, -0.2) is 4.39 Å². The fourth-order valence-corrected chi connectivity index (χ4v) is 3.54. The summed E-state index contributed by atoms with van der Waals surface area (Å²) in [6.07, 6.45) is 1.76. The molecule has 26 heavy (non-hydrogen) atoms. The summed E-state index contributed by atoms with van der Waals surface area (Å²) in [6, 6.07) is 11.8. The number of benzene rings is 2. The Kier molecular flexibility index (Phi) is 5.58. The van der Waals surface area contributed by atoms with Crippen LogP contribution in [0.3, 0.4) is 0 Å². The second-order valence-electron chi connectivity index (χ2n) is 5.53. The van der Waals surface area contributed by atoms with Crippen LogP contribution in [-0.4, -0.2) is 29.3 Å². The Hall–Kier alpha value is -2.38. The Balaban J connectivity index is 1.79. The highest BCUT2D eigenvalue weighted by Gasteiger charge is 2.28. The van der Waals surface area contributed by atoms with Crippen LogP contribution in [0.4, 0.5) is 4.39 Å². The average molecular weight is 389 g/mol. The van der Waals surface area contributed by atoms with Crippen LogP contribution in [0, 0.1) is 5.82 Å². The van der Waals surface area contributed by atoms with E-state index in [1.807, 2.05) is 0 Å². The van der Waals surface area contributed by atoms with Gasteiger partial charge in [0.1, 0.15) is 16.7 Å². The number of hydrogen-bond donors (Lipinski definition) is 0. The summed E-state index contributed by atoms with van der Waals surface area (Å²) >= 11 is 6.38. The quantitative estimate of drug-likeness (QED) is 0.565. The lowest BCUT2D eigenvalue weighted by atomic mass is 10.1. The van der Waals surface area contributed by atoms with Crippen LogP contribution in [0.5, 0.6) is 11.5 Å². The van der Waals surface area contributed by atoms with Crippen molar-refractivity contribution in [1.29, 1.82) is 0 Å². The number of carbonyl (C=O) groups excluding carboxylic acids is 1. The largest absolute Gasteiger partial charge is 0.493 e. The standard InChI is InChI=1S/C19H16FNO3S2/c1-21-18(22)17(26-19(21)25)10-12-7-8-15(16(9-12)23-2)24-11-13-5-3-4-6-14(13)20/h3-10H,11H2,1-2H3/b17-10-.